The van der Waals surface area contributed by atoms with E-state index in [-0.39, 0.29) is 18.0 Å². The maximum atomic E-state index is 12.5. The molecule has 10 nitrogen and oxygen atoms in total. The van der Waals surface area contributed by atoms with E-state index in [0.29, 0.717) is 18.0 Å². The van der Waals surface area contributed by atoms with Gasteiger partial charge >= 0.3 is 6.36 Å². The number of unbranched alkanes of at least 4 members (excludes halogenated alkanes) is 1. The van der Waals surface area contributed by atoms with Gasteiger partial charge in [-0.1, -0.05) is 23.4 Å². The first-order valence-electron chi connectivity index (χ1n) is 14.1. The molecule has 1 aliphatic carbocycles. The summed E-state index contributed by atoms with van der Waals surface area (Å²) in [6, 6.07) is 7.62. The predicted octanol–water partition coefficient (Wildman–Crippen LogP) is 4.66. The van der Waals surface area contributed by atoms with E-state index in [1.807, 2.05) is 0 Å². The first kappa shape index (κ1) is 27.9. The van der Waals surface area contributed by atoms with Gasteiger partial charge in [-0.25, -0.2) is 0 Å². The molecule has 1 amide bonds. The monoisotopic (exact) mass is 580 g/mol. The molecule has 0 bridgehead atoms. The maximum absolute atomic E-state index is 12.5. The molecular weight excluding hydrogens is 549 g/mol. The summed E-state index contributed by atoms with van der Waals surface area (Å²) in [4.78, 5) is 16.0. The Morgan fingerprint density at radius 3 is 2.81 bits per heavy atom. The fourth-order valence-electron chi connectivity index (χ4n) is 5.26. The molecular formula is C29H31F3N8O2. The Morgan fingerprint density at radius 1 is 1.14 bits per heavy atom. The number of hydrogen-bond donors (Lipinski definition) is 3. The summed E-state index contributed by atoms with van der Waals surface area (Å²) in [6.45, 7) is 2.46. The van der Waals surface area contributed by atoms with E-state index < -0.39 is 12.3 Å². The Kier molecular flexibility index (Phi) is 7.92. The second-order valence-corrected chi connectivity index (χ2v) is 10.7. The summed E-state index contributed by atoms with van der Waals surface area (Å²) in [5, 5.41) is 24.1. The molecule has 0 unspecified atom stereocenters. The second-order valence-electron chi connectivity index (χ2n) is 10.7. The third-order valence-electron chi connectivity index (χ3n) is 7.43. The molecule has 3 aromatic heterocycles. The molecule has 0 saturated heterocycles. The van der Waals surface area contributed by atoms with Gasteiger partial charge < -0.3 is 20.4 Å². The topological polar surface area (TPSA) is 123 Å². The van der Waals surface area contributed by atoms with E-state index in [9.17, 15) is 18.0 Å². The highest BCUT2D eigenvalue weighted by molar-refractivity contribution is 5.93. The van der Waals surface area contributed by atoms with Crippen molar-refractivity contribution in [3.8, 4) is 5.75 Å². The van der Waals surface area contributed by atoms with Crippen LogP contribution in [0.4, 0.5) is 13.2 Å². The number of rotatable bonds is 11. The van der Waals surface area contributed by atoms with Crippen LogP contribution in [0.15, 0.2) is 42.6 Å². The number of H-pyrrole nitrogens is 1. The van der Waals surface area contributed by atoms with Gasteiger partial charge in [-0.15, -0.1) is 23.4 Å². The molecule has 1 fully saturated rings. The average Bonchev–Trinajstić information content (AvgIpc) is 3.59. The van der Waals surface area contributed by atoms with Gasteiger partial charge in [0.15, 0.2) is 11.3 Å². The molecule has 4 aromatic rings. The van der Waals surface area contributed by atoms with Crippen molar-refractivity contribution < 1.29 is 22.7 Å². The Morgan fingerprint density at radius 2 is 2.02 bits per heavy atom. The normalized spacial score (nSPS) is 15.5. The number of amides is 1. The minimum Gasteiger partial charge on any atom is -0.406 e. The van der Waals surface area contributed by atoms with Gasteiger partial charge in [-0.05, 0) is 80.3 Å². The van der Waals surface area contributed by atoms with Gasteiger partial charge in [0.1, 0.15) is 5.75 Å². The number of nitrogens with zero attached hydrogens (tertiary/aromatic N) is 5. The molecule has 2 aliphatic rings. The van der Waals surface area contributed by atoms with Crippen LogP contribution in [0.3, 0.4) is 0 Å². The predicted molar refractivity (Wildman–Crippen MR) is 149 cm³/mol. The number of alkyl halides is 3. The standard InChI is InChI=1S/C29H31F3N8O2/c30-29(31,32)42-22-6-3-4-18(14-22)16-34-28(41)24-17-40(39-37-24)13-2-1-5-21-15-23-25(19-9-11-33-12-10-19)26(20-7-8-20)35-27(23)38-36-21/h3-4,6,9,14-15,17,20,33H,1-2,5,7-8,10-13,16H2,(H,34,41)(H,35,38). The van der Waals surface area contributed by atoms with Crippen molar-refractivity contribution >= 4 is 22.5 Å². The fraction of sp³-hybridized carbons (Fsp3) is 0.414. The number of halogens is 3. The largest absolute Gasteiger partial charge is 0.573 e. The number of carbonyl (C=O) groups excluding carboxylic acids is 1. The number of fused-ring (bicyclic) bond motifs is 1. The lowest BCUT2D eigenvalue weighted by molar-refractivity contribution is -0.274. The number of benzene rings is 1. The van der Waals surface area contributed by atoms with E-state index in [1.54, 1.807) is 16.9 Å². The third kappa shape index (κ3) is 6.78. The van der Waals surface area contributed by atoms with Gasteiger partial charge in [0.25, 0.3) is 5.91 Å². The van der Waals surface area contributed by atoms with Gasteiger partial charge in [0.05, 0.1) is 11.9 Å². The Labute approximate surface area is 239 Å². The summed E-state index contributed by atoms with van der Waals surface area (Å²) < 4.78 is 42.9. The highest BCUT2D eigenvalue weighted by Gasteiger charge is 2.32. The second kappa shape index (κ2) is 11.9. The van der Waals surface area contributed by atoms with Crippen LogP contribution in [-0.4, -0.2) is 55.5 Å². The van der Waals surface area contributed by atoms with E-state index in [2.05, 4.69) is 53.0 Å². The molecule has 0 atom stereocenters. The molecule has 220 valence electrons. The molecule has 13 heteroatoms. The first-order valence-corrected chi connectivity index (χ1v) is 14.1. The molecule has 42 heavy (non-hydrogen) atoms. The number of aromatic amines is 1. The molecule has 0 radical (unpaired) electrons. The average molecular weight is 581 g/mol. The van der Waals surface area contributed by atoms with E-state index >= 15 is 0 Å². The minimum absolute atomic E-state index is 0.0192. The Hall–Kier alpha value is -4.26. The van der Waals surface area contributed by atoms with E-state index in [1.165, 1.54) is 47.9 Å². The number of aryl methyl sites for hydroxylation is 2. The summed E-state index contributed by atoms with van der Waals surface area (Å²) in [7, 11) is 0. The molecule has 4 heterocycles. The van der Waals surface area contributed by atoms with Crippen LogP contribution in [0, 0.1) is 0 Å². The molecule has 1 aromatic carbocycles. The lowest BCUT2D eigenvalue weighted by atomic mass is 9.96. The van der Waals surface area contributed by atoms with Crippen LogP contribution in [-0.2, 0) is 19.5 Å². The number of aromatic nitrogens is 6. The number of carbonyl (C=O) groups is 1. The zero-order valence-corrected chi connectivity index (χ0v) is 22.9. The van der Waals surface area contributed by atoms with Crippen LogP contribution >= 0.6 is 0 Å². The maximum Gasteiger partial charge on any atom is 0.573 e. The lowest BCUT2D eigenvalue weighted by Crippen LogP contribution is -2.23. The van der Waals surface area contributed by atoms with Crippen molar-refractivity contribution in [3.63, 3.8) is 0 Å². The van der Waals surface area contributed by atoms with Crippen LogP contribution in [0.1, 0.15) is 71.0 Å². The van der Waals surface area contributed by atoms with Crippen molar-refractivity contribution in [1.29, 1.82) is 0 Å². The van der Waals surface area contributed by atoms with Gasteiger partial charge in [0.2, 0.25) is 0 Å². The van der Waals surface area contributed by atoms with Crippen molar-refractivity contribution in [1.82, 2.24) is 40.8 Å². The zero-order chi connectivity index (χ0) is 29.1. The first-order chi connectivity index (χ1) is 20.3. The Balaban J connectivity index is 1.01. The smallest absolute Gasteiger partial charge is 0.406 e. The summed E-state index contributed by atoms with van der Waals surface area (Å²) >= 11 is 0. The minimum atomic E-state index is -4.78. The zero-order valence-electron chi connectivity index (χ0n) is 22.9. The van der Waals surface area contributed by atoms with Crippen molar-refractivity contribution in [2.75, 3.05) is 13.1 Å². The van der Waals surface area contributed by atoms with Crippen LogP contribution in [0.2, 0.25) is 0 Å². The van der Waals surface area contributed by atoms with Crippen molar-refractivity contribution in [2.45, 2.75) is 63.9 Å². The number of nitrogens with one attached hydrogen (secondary N) is 3. The molecule has 6 rings (SSSR count). The van der Waals surface area contributed by atoms with Crippen LogP contribution < -0.4 is 15.4 Å². The lowest BCUT2D eigenvalue weighted by Gasteiger charge is -2.15. The summed E-state index contributed by atoms with van der Waals surface area (Å²) in [5.41, 5.74) is 6.40. The fourth-order valence-corrected chi connectivity index (χ4v) is 5.26. The number of ether oxygens (including phenoxy) is 1. The summed E-state index contributed by atoms with van der Waals surface area (Å²) in [6.07, 6.45) is 4.94. The number of hydrogen-bond acceptors (Lipinski definition) is 7. The molecule has 1 aliphatic heterocycles. The van der Waals surface area contributed by atoms with Crippen molar-refractivity contribution in [3.05, 3.63) is 70.8 Å². The van der Waals surface area contributed by atoms with Crippen LogP contribution in [0.25, 0.3) is 16.6 Å². The molecule has 0 spiro atoms. The summed E-state index contributed by atoms with van der Waals surface area (Å²) in [5.74, 6) is -0.224. The molecule has 1 saturated carbocycles. The van der Waals surface area contributed by atoms with Crippen molar-refractivity contribution in [2.24, 2.45) is 0 Å². The van der Waals surface area contributed by atoms with Crippen LogP contribution in [0.5, 0.6) is 5.75 Å². The van der Waals surface area contributed by atoms with Gasteiger partial charge in [0, 0.05) is 36.3 Å². The van der Waals surface area contributed by atoms with Gasteiger partial charge in [-0.2, -0.15) is 5.10 Å². The van der Waals surface area contributed by atoms with E-state index in [0.717, 1.165) is 55.5 Å². The third-order valence-corrected chi connectivity index (χ3v) is 7.43. The van der Waals surface area contributed by atoms with Gasteiger partial charge in [-0.3, -0.25) is 9.48 Å². The molecule has 3 N–H and O–H groups in total. The Bertz CT molecular complexity index is 1610. The quantitative estimate of drug-likeness (QED) is 0.221. The SMILES string of the molecule is O=C(NCc1cccc(OC(F)(F)F)c1)c1cn(CCCCc2cc3c(C4=CCNCC4)c(C4CC4)[nH]c3nn2)nn1. The highest BCUT2D eigenvalue weighted by Crippen LogP contribution is 2.45. The van der Waals surface area contributed by atoms with E-state index in [4.69, 9.17) is 0 Å². The highest BCUT2D eigenvalue weighted by atomic mass is 19.4.